The number of rotatable bonds is 21. The van der Waals surface area contributed by atoms with E-state index in [0.29, 0.717) is 6.54 Å². The lowest BCUT2D eigenvalue weighted by molar-refractivity contribution is -0.140. The van der Waals surface area contributed by atoms with Crippen LogP contribution in [-0.4, -0.2) is 40.1 Å². The number of phosphoric acid groups is 1. The molecule has 4 N–H and O–H groups in total. The van der Waals surface area contributed by atoms with E-state index in [4.69, 9.17) is 14.9 Å². The van der Waals surface area contributed by atoms with Gasteiger partial charge in [-0.2, -0.15) is 0 Å². The van der Waals surface area contributed by atoms with Crippen molar-refractivity contribution in [3.8, 4) is 0 Å². The van der Waals surface area contributed by atoms with Crippen molar-refractivity contribution in [1.82, 2.24) is 5.32 Å². The van der Waals surface area contributed by atoms with Crippen molar-refractivity contribution < 1.29 is 28.8 Å². The number of phosphoric ester groups is 1. The van der Waals surface area contributed by atoms with Gasteiger partial charge in [-0.1, -0.05) is 76.9 Å². The molecule has 0 fully saturated rings. The Morgan fingerprint density at radius 3 is 1.86 bits per heavy atom. The molecule has 0 aliphatic heterocycles. The fourth-order valence-electron chi connectivity index (χ4n) is 3.04. The second-order valence-corrected chi connectivity index (χ2v) is 8.81. The van der Waals surface area contributed by atoms with Crippen LogP contribution in [0.5, 0.6) is 0 Å². The third kappa shape index (κ3) is 21.8. The molecule has 29 heavy (non-hydrogen) atoms. The Hall–Kier alpha value is -0.720. The number of carboxylic acids is 1. The maximum Gasteiger partial charge on any atom is 0.469 e. The van der Waals surface area contributed by atoms with Gasteiger partial charge in [-0.15, -0.1) is 0 Å². The minimum atomic E-state index is -4.64. The van der Waals surface area contributed by atoms with E-state index in [2.05, 4.69) is 28.9 Å². The zero-order chi connectivity index (χ0) is 21.8. The molecule has 0 aliphatic rings. The van der Waals surface area contributed by atoms with Crippen LogP contribution in [0, 0.1) is 0 Å². The molecule has 0 aliphatic carbocycles. The molecule has 0 heterocycles. The Kier molecular flexibility index (Phi) is 18.8. The molecule has 0 radical (unpaired) electrons. The van der Waals surface area contributed by atoms with Crippen LogP contribution in [0.3, 0.4) is 0 Å². The average Bonchev–Trinajstić information content (AvgIpc) is 2.65. The fraction of sp³-hybridized carbons (Fsp3) is 0.857. The van der Waals surface area contributed by atoms with E-state index in [1.165, 1.54) is 64.2 Å². The highest BCUT2D eigenvalue weighted by atomic mass is 31.2. The van der Waals surface area contributed by atoms with Crippen LogP contribution < -0.4 is 5.32 Å². The zero-order valence-electron chi connectivity index (χ0n) is 18.1. The van der Waals surface area contributed by atoms with E-state index in [0.717, 1.165) is 25.7 Å². The first-order chi connectivity index (χ1) is 13.9. The lowest BCUT2D eigenvalue weighted by Crippen LogP contribution is -2.40. The molecule has 0 saturated heterocycles. The van der Waals surface area contributed by atoms with Crippen LogP contribution in [0.4, 0.5) is 0 Å². The second-order valence-electron chi connectivity index (χ2n) is 7.57. The van der Waals surface area contributed by atoms with Crippen molar-refractivity contribution in [2.24, 2.45) is 0 Å². The van der Waals surface area contributed by atoms with Crippen LogP contribution in [0.15, 0.2) is 12.2 Å². The summed E-state index contributed by atoms with van der Waals surface area (Å²) in [5, 5.41) is 11.8. The number of hydrogen-bond donors (Lipinski definition) is 4. The molecule has 0 amide bonds. The summed E-state index contributed by atoms with van der Waals surface area (Å²) in [6.07, 6.45) is 21.6. The molecule has 172 valence electrons. The molecule has 0 unspecified atom stereocenters. The molecule has 7 nitrogen and oxygen atoms in total. The summed E-state index contributed by atoms with van der Waals surface area (Å²) in [7, 11) is -4.64. The first-order valence-electron chi connectivity index (χ1n) is 11.2. The van der Waals surface area contributed by atoms with Crippen LogP contribution in [-0.2, 0) is 13.9 Å². The van der Waals surface area contributed by atoms with Crippen molar-refractivity contribution in [2.45, 2.75) is 103 Å². The van der Waals surface area contributed by atoms with Crippen LogP contribution in [0.1, 0.15) is 96.8 Å². The predicted octanol–water partition coefficient (Wildman–Crippen LogP) is 5.18. The van der Waals surface area contributed by atoms with Crippen molar-refractivity contribution >= 4 is 13.8 Å². The van der Waals surface area contributed by atoms with Gasteiger partial charge in [-0.3, -0.25) is 9.32 Å². The number of nitrogens with one attached hydrogen (secondary N) is 1. The third-order valence-electron chi connectivity index (χ3n) is 4.79. The molecule has 0 saturated carbocycles. The first kappa shape index (κ1) is 28.3. The Balaban J connectivity index is 3.44. The van der Waals surface area contributed by atoms with Gasteiger partial charge in [-0.25, -0.2) is 4.57 Å². The van der Waals surface area contributed by atoms with Crippen LogP contribution in [0.25, 0.3) is 0 Å². The van der Waals surface area contributed by atoms with Crippen LogP contribution >= 0.6 is 7.82 Å². The van der Waals surface area contributed by atoms with Crippen molar-refractivity contribution in [3.05, 3.63) is 12.2 Å². The summed E-state index contributed by atoms with van der Waals surface area (Å²) in [6, 6.07) is -1.11. The second kappa shape index (κ2) is 19.3. The van der Waals surface area contributed by atoms with Gasteiger partial charge in [0.15, 0.2) is 0 Å². The number of aliphatic carboxylic acids is 1. The van der Waals surface area contributed by atoms with E-state index in [-0.39, 0.29) is 0 Å². The lowest BCUT2D eigenvalue weighted by atomic mass is 10.1. The predicted molar refractivity (Wildman–Crippen MR) is 117 cm³/mol. The summed E-state index contributed by atoms with van der Waals surface area (Å²) in [5.41, 5.74) is 0. The summed E-state index contributed by atoms with van der Waals surface area (Å²) in [4.78, 5) is 28.3. The van der Waals surface area contributed by atoms with E-state index in [9.17, 15) is 9.36 Å². The molecular weight excluding hydrogens is 393 g/mol. The van der Waals surface area contributed by atoms with Gasteiger partial charge < -0.3 is 20.2 Å². The lowest BCUT2D eigenvalue weighted by Gasteiger charge is -2.14. The molecule has 0 rings (SSSR count). The molecule has 1 atom stereocenters. The minimum Gasteiger partial charge on any atom is -0.480 e. The van der Waals surface area contributed by atoms with Crippen LogP contribution in [0.2, 0.25) is 0 Å². The Morgan fingerprint density at radius 1 is 0.897 bits per heavy atom. The molecule has 0 spiro atoms. The van der Waals surface area contributed by atoms with E-state index < -0.39 is 26.4 Å². The quantitative estimate of drug-likeness (QED) is 0.112. The Labute approximate surface area is 176 Å². The number of carboxylic acid groups (broad SMARTS) is 1. The van der Waals surface area contributed by atoms with Crippen molar-refractivity contribution in [1.29, 1.82) is 0 Å². The normalized spacial score (nSPS) is 13.2. The topological polar surface area (TPSA) is 116 Å². The smallest absolute Gasteiger partial charge is 0.469 e. The van der Waals surface area contributed by atoms with Gasteiger partial charge in [-0.05, 0) is 38.6 Å². The number of hydrogen-bond acceptors (Lipinski definition) is 4. The highest BCUT2D eigenvalue weighted by molar-refractivity contribution is 7.46. The molecular formula is C21H42NO6P. The fourth-order valence-corrected chi connectivity index (χ4v) is 3.38. The maximum absolute atomic E-state index is 11.0. The summed E-state index contributed by atoms with van der Waals surface area (Å²) in [6.45, 7) is 2.18. The number of carbonyl (C=O) groups is 1. The van der Waals surface area contributed by atoms with Gasteiger partial charge in [0.05, 0.1) is 6.61 Å². The summed E-state index contributed by atoms with van der Waals surface area (Å²) in [5.74, 6) is -1.18. The van der Waals surface area contributed by atoms with Gasteiger partial charge in [0.1, 0.15) is 6.04 Å². The molecule has 0 aromatic heterocycles. The standard InChI is InChI=1S/C21H42NO6P/c1-2-3-4-5-6-7-8-9-10-11-12-13-14-15-16-17-18-22-20(21(23)24)19-28-29(25,26)27/h9-10,20,22H,2-8,11-19H2,1H3,(H,23,24)(H2,25,26,27)/t20-/m0/s1. The largest absolute Gasteiger partial charge is 0.480 e. The van der Waals surface area contributed by atoms with Gasteiger partial charge in [0.25, 0.3) is 0 Å². The van der Waals surface area contributed by atoms with Crippen molar-refractivity contribution in [3.63, 3.8) is 0 Å². The highest BCUT2D eigenvalue weighted by Crippen LogP contribution is 2.35. The SMILES string of the molecule is CCCCCCCCC=CCCCCCCCCN[C@@H](COP(=O)(O)O)C(=O)O. The monoisotopic (exact) mass is 435 g/mol. The molecule has 0 aromatic rings. The summed E-state index contributed by atoms with van der Waals surface area (Å²) < 4.78 is 14.9. The highest BCUT2D eigenvalue weighted by Gasteiger charge is 2.22. The van der Waals surface area contributed by atoms with Crippen molar-refractivity contribution in [2.75, 3.05) is 13.2 Å². The van der Waals surface area contributed by atoms with E-state index in [1.54, 1.807) is 0 Å². The first-order valence-corrected chi connectivity index (χ1v) is 12.7. The van der Waals surface area contributed by atoms with Gasteiger partial charge in [0, 0.05) is 0 Å². The van der Waals surface area contributed by atoms with Gasteiger partial charge in [0.2, 0.25) is 0 Å². The Morgan fingerprint density at radius 2 is 1.38 bits per heavy atom. The minimum absolute atomic E-state index is 0.489. The maximum atomic E-state index is 11.0. The molecule has 8 heteroatoms. The zero-order valence-corrected chi connectivity index (χ0v) is 19.0. The van der Waals surface area contributed by atoms with E-state index >= 15 is 0 Å². The van der Waals surface area contributed by atoms with Gasteiger partial charge >= 0.3 is 13.8 Å². The molecule has 0 bridgehead atoms. The number of unbranched alkanes of at least 4 members (excludes halogenated alkanes) is 12. The van der Waals surface area contributed by atoms with E-state index in [1.807, 2.05) is 0 Å². The Bertz CT molecular complexity index is 466. The molecule has 0 aromatic carbocycles. The summed E-state index contributed by atoms with van der Waals surface area (Å²) >= 11 is 0. The number of allylic oxidation sites excluding steroid dienone is 2. The average molecular weight is 436 g/mol. The third-order valence-corrected chi connectivity index (χ3v) is 5.27.